The molecular formula is C23H43B2N3. The Morgan fingerprint density at radius 3 is 2.32 bits per heavy atom. The Balaban J connectivity index is 0.00000190. The summed E-state index contributed by atoms with van der Waals surface area (Å²) in [5.41, 5.74) is 3.12. The Bertz CT molecular complexity index is 579. The fourth-order valence-electron chi connectivity index (χ4n) is 4.86. The number of hydrogen-bond acceptors (Lipinski definition) is 3. The maximum atomic E-state index is 3.49. The van der Waals surface area contributed by atoms with E-state index in [9.17, 15) is 0 Å². The van der Waals surface area contributed by atoms with Crippen LogP contribution in [-0.2, 0) is 5.41 Å². The van der Waals surface area contributed by atoms with Gasteiger partial charge in [0.2, 0.25) is 0 Å². The molecule has 1 unspecified atom stereocenters. The summed E-state index contributed by atoms with van der Waals surface area (Å²) in [6, 6.07) is 9.58. The molecule has 5 heteroatoms. The molecule has 1 aliphatic rings. The summed E-state index contributed by atoms with van der Waals surface area (Å²) < 4.78 is 2.65. The standard InChI is InChI=1S/C21H39B2N3.C2H4/c1-8-10-11-14-17-25(22(5)24-7)23(6)26-19-16-13-12-15-18(19)21(3,4)20(26)9-2;1-2/h12-13,15-16,20,24H,8-11,14,17H2,1-7H3;1-2H2. The lowest BCUT2D eigenvalue weighted by molar-refractivity contribution is 0.424. The predicted molar refractivity (Wildman–Crippen MR) is 130 cm³/mol. The van der Waals surface area contributed by atoms with Crippen molar-refractivity contribution < 1.29 is 0 Å². The highest BCUT2D eigenvalue weighted by atomic mass is 15.3. The van der Waals surface area contributed by atoms with Crippen LogP contribution >= 0.6 is 0 Å². The van der Waals surface area contributed by atoms with Gasteiger partial charge in [0, 0.05) is 17.1 Å². The molecule has 2 rings (SSSR count). The quantitative estimate of drug-likeness (QED) is 0.318. The summed E-state index contributed by atoms with van der Waals surface area (Å²) >= 11 is 0. The highest BCUT2D eigenvalue weighted by Crippen LogP contribution is 2.46. The number of nitrogens with one attached hydrogen (secondary N) is 1. The van der Waals surface area contributed by atoms with Gasteiger partial charge in [0.25, 0.3) is 6.98 Å². The van der Waals surface area contributed by atoms with Crippen molar-refractivity contribution in [3.63, 3.8) is 0 Å². The molecule has 1 atom stereocenters. The van der Waals surface area contributed by atoms with Crippen molar-refractivity contribution in [1.82, 2.24) is 9.95 Å². The first-order chi connectivity index (χ1) is 13.4. The number of rotatable bonds is 10. The second kappa shape index (κ2) is 11.7. The molecule has 0 fully saturated rings. The van der Waals surface area contributed by atoms with E-state index in [0.29, 0.717) is 20.0 Å². The minimum absolute atomic E-state index is 0.191. The lowest BCUT2D eigenvalue weighted by Gasteiger charge is -2.42. The van der Waals surface area contributed by atoms with Crippen LogP contribution in [-0.4, -0.2) is 38.3 Å². The van der Waals surface area contributed by atoms with Crippen LogP contribution in [0.15, 0.2) is 37.4 Å². The lowest BCUT2D eigenvalue weighted by Crippen LogP contribution is -2.62. The molecule has 0 aliphatic carbocycles. The van der Waals surface area contributed by atoms with E-state index in [4.69, 9.17) is 0 Å². The van der Waals surface area contributed by atoms with E-state index < -0.39 is 0 Å². The van der Waals surface area contributed by atoms with Crippen LogP contribution in [0.5, 0.6) is 0 Å². The van der Waals surface area contributed by atoms with Gasteiger partial charge >= 0.3 is 6.98 Å². The van der Waals surface area contributed by atoms with E-state index in [2.05, 4.69) is 101 Å². The molecule has 3 nitrogen and oxygen atoms in total. The van der Waals surface area contributed by atoms with E-state index in [-0.39, 0.29) is 5.41 Å². The third-order valence-electron chi connectivity index (χ3n) is 6.50. The number of unbranched alkanes of at least 4 members (excludes halogenated alkanes) is 3. The second-order valence-electron chi connectivity index (χ2n) is 8.47. The summed E-state index contributed by atoms with van der Waals surface area (Å²) in [7, 11) is 2.08. The Hall–Kier alpha value is -1.19. The molecule has 0 radical (unpaired) electrons. The number of para-hydroxylation sites is 1. The van der Waals surface area contributed by atoms with Crippen molar-refractivity contribution in [3.05, 3.63) is 43.0 Å². The number of nitrogens with zero attached hydrogens (tertiary/aromatic N) is 2. The van der Waals surface area contributed by atoms with E-state index in [1.165, 1.54) is 43.4 Å². The summed E-state index contributed by atoms with van der Waals surface area (Å²) in [6.45, 7) is 22.1. The summed E-state index contributed by atoms with van der Waals surface area (Å²) in [6.07, 6.45) is 6.41. The smallest absolute Gasteiger partial charge is 0.329 e. The molecule has 156 valence electrons. The fraction of sp³-hybridized carbons (Fsp3) is 0.652. The first-order valence-corrected chi connectivity index (χ1v) is 11.2. The largest absolute Gasteiger partial charge is 0.398 e. The number of anilines is 1. The first-order valence-electron chi connectivity index (χ1n) is 11.2. The first kappa shape index (κ1) is 24.8. The molecule has 1 aromatic rings. The molecule has 0 amide bonds. The van der Waals surface area contributed by atoms with E-state index in [1.54, 1.807) is 0 Å². The third-order valence-corrected chi connectivity index (χ3v) is 6.50. The lowest BCUT2D eigenvalue weighted by atomic mass is 9.60. The Kier molecular flexibility index (Phi) is 10.4. The van der Waals surface area contributed by atoms with Crippen LogP contribution in [0.2, 0.25) is 13.6 Å². The zero-order valence-electron chi connectivity index (χ0n) is 19.6. The van der Waals surface area contributed by atoms with E-state index in [1.807, 2.05) is 0 Å². The van der Waals surface area contributed by atoms with Crippen molar-refractivity contribution in [2.75, 3.05) is 18.4 Å². The van der Waals surface area contributed by atoms with Gasteiger partial charge in [-0.05, 0) is 38.1 Å². The Labute approximate surface area is 176 Å². The van der Waals surface area contributed by atoms with Gasteiger partial charge in [-0.15, -0.1) is 13.2 Å². The monoisotopic (exact) mass is 383 g/mol. The zero-order chi connectivity index (χ0) is 21.3. The van der Waals surface area contributed by atoms with Gasteiger partial charge in [0.1, 0.15) is 0 Å². The molecular weight excluding hydrogens is 340 g/mol. The third kappa shape index (κ3) is 5.24. The molecule has 1 N–H and O–H groups in total. The topological polar surface area (TPSA) is 18.5 Å². The van der Waals surface area contributed by atoms with Crippen LogP contribution in [0.3, 0.4) is 0 Å². The van der Waals surface area contributed by atoms with Crippen molar-refractivity contribution >= 4 is 19.7 Å². The maximum absolute atomic E-state index is 3.49. The summed E-state index contributed by atoms with van der Waals surface area (Å²) in [5, 5.41) is 3.49. The maximum Gasteiger partial charge on any atom is 0.329 e. The Morgan fingerprint density at radius 2 is 1.75 bits per heavy atom. The molecule has 0 spiro atoms. The van der Waals surface area contributed by atoms with Crippen molar-refractivity contribution in [3.8, 4) is 0 Å². The highest BCUT2D eigenvalue weighted by molar-refractivity contribution is 6.72. The van der Waals surface area contributed by atoms with E-state index >= 15 is 0 Å². The van der Waals surface area contributed by atoms with Gasteiger partial charge in [0.05, 0.1) is 0 Å². The molecule has 0 aromatic heterocycles. The average Bonchev–Trinajstić information content (AvgIpc) is 2.95. The van der Waals surface area contributed by atoms with Crippen molar-refractivity contribution in [2.24, 2.45) is 0 Å². The molecule has 1 aliphatic heterocycles. The van der Waals surface area contributed by atoms with Gasteiger partial charge in [-0.25, -0.2) is 0 Å². The summed E-state index contributed by atoms with van der Waals surface area (Å²) in [5.74, 6) is 0. The minimum Gasteiger partial charge on any atom is -0.398 e. The molecule has 28 heavy (non-hydrogen) atoms. The van der Waals surface area contributed by atoms with E-state index in [0.717, 1.165) is 6.54 Å². The Morgan fingerprint density at radius 1 is 1.11 bits per heavy atom. The fourth-order valence-corrected chi connectivity index (χ4v) is 4.86. The molecule has 1 heterocycles. The minimum atomic E-state index is 0.191. The van der Waals surface area contributed by atoms with Crippen LogP contribution in [0.4, 0.5) is 5.69 Å². The van der Waals surface area contributed by atoms with Gasteiger partial charge in [-0.3, -0.25) is 0 Å². The van der Waals surface area contributed by atoms with Crippen LogP contribution in [0.1, 0.15) is 65.4 Å². The number of fused-ring (bicyclic) bond motifs is 1. The average molecular weight is 383 g/mol. The molecule has 0 bridgehead atoms. The molecule has 0 saturated heterocycles. The number of benzene rings is 1. The van der Waals surface area contributed by atoms with Crippen LogP contribution in [0.25, 0.3) is 0 Å². The SMILES string of the molecule is C=C.CCCCCCN(B(C)NC)B(C)N1c2ccccc2C(C)(C)C1CC. The highest BCUT2D eigenvalue weighted by Gasteiger charge is 2.47. The summed E-state index contributed by atoms with van der Waals surface area (Å²) in [4.78, 5) is 2.70. The normalized spacial score (nSPS) is 17.1. The van der Waals surface area contributed by atoms with Gasteiger partial charge in [0.15, 0.2) is 0 Å². The van der Waals surface area contributed by atoms with Crippen molar-refractivity contribution in [2.45, 2.75) is 84.9 Å². The molecule has 1 aromatic carbocycles. The molecule has 0 saturated carbocycles. The second-order valence-corrected chi connectivity index (χ2v) is 8.47. The van der Waals surface area contributed by atoms with Crippen molar-refractivity contribution in [1.29, 1.82) is 0 Å². The number of hydrogen-bond donors (Lipinski definition) is 1. The zero-order valence-corrected chi connectivity index (χ0v) is 19.6. The van der Waals surface area contributed by atoms with Gasteiger partial charge in [-0.1, -0.05) is 78.8 Å². The van der Waals surface area contributed by atoms with Gasteiger partial charge < -0.3 is 14.8 Å². The predicted octanol–water partition coefficient (Wildman–Crippen LogP) is 5.70. The van der Waals surface area contributed by atoms with Crippen LogP contribution < -0.4 is 10.0 Å². The van der Waals surface area contributed by atoms with Gasteiger partial charge in [-0.2, -0.15) is 0 Å². The van der Waals surface area contributed by atoms with Crippen LogP contribution in [0, 0.1) is 0 Å².